The van der Waals surface area contributed by atoms with Crippen molar-refractivity contribution in [1.29, 1.82) is 0 Å². The SMILES string of the molecule is CNC(C)CNc1ncc(I)cn1. The molecule has 2 N–H and O–H groups in total. The van der Waals surface area contributed by atoms with E-state index in [4.69, 9.17) is 0 Å². The largest absolute Gasteiger partial charge is 0.353 e. The zero-order valence-electron chi connectivity index (χ0n) is 7.71. The molecule has 0 aliphatic carbocycles. The van der Waals surface area contributed by atoms with Gasteiger partial charge in [-0.2, -0.15) is 0 Å². The van der Waals surface area contributed by atoms with Crippen LogP contribution in [-0.4, -0.2) is 29.6 Å². The molecular formula is C8H13IN4. The van der Waals surface area contributed by atoms with Crippen LogP contribution in [0.1, 0.15) is 6.92 Å². The lowest BCUT2D eigenvalue weighted by molar-refractivity contribution is 0.636. The summed E-state index contributed by atoms with van der Waals surface area (Å²) in [6.07, 6.45) is 3.58. The highest BCUT2D eigenvalue weighted by molar-refractivity contribution is 14.1. The molecule has 1 atom stereocenters. The third-order valence-corrected chi connectivity index (χ3v) is 2.24. The lowest BCUT2D eigenvalue weighted by Gasteiger charge is -2.10. The minimum Gasteiger partial charge on any atom is -0.353 e. The van der Waals surface area contributed by atoms with Gasteiger partial charge >= 0.3 is 0 Å². The van der Waals surface area contributed by atoms with Gasteiger partial charge in [0.25, 0.3) is 0 Å². The Morgan fingerprint density at radius 2 is 2.08 bits per heavy atom. The number of nitrogens with zero attached hydrogens (tertiary/aromatic N) is 2. The average molecular weight is 292 g/mol. The molecule has 0 spiro atoms. The minimum atomic E-state index is 0.419. The van der Waals surface area contributed by atoms with Crippen LogP contribution < -0.4 is 10.6 Å². The fraction of sp³-hybridized carbons (Fsp3) is 0.500. The average Bonchev–Trinajstić information content (AvgIpc) is 2.16. The van der Waals surface area contributed by atoms with Crippen LogP contribution in [-0.2, 0) is 0 Å². The molecule has 0 radical (unpaired) electrons. The number of hydrogen-bond donors (Lipinski definition) is 2. The molecule has 0 bridgehead atoms. The standard InChI is InChI=1S/C8H13IN4/c1-6(10-2)3-11-8-12-4-7(9)5-13-8/h4-6,10H,3H2,1-2H3,(H,11,12,13). The molecule has 1 unspecified atom stereocenters. The second-order valence-electron chi connectivity index (χ2n) is 2.80. The fourth-order valence-electron chi connectivity index (χ4n) is 0.750. The number of halogens is 1. The first-order chi connectivity index (χ1) is 6.22. The van der Waals surface area contributed by atoms with Crippen molar-refractivity contribution in [2.24, 2.45) is 0 Å². The first-order valence-corrected chi connectivity index (χ1v) is 5.19. The van der Waals surface area contributed by atoms with E-state index in [1.807, 2.05) is 7.05 Å². The highest BCUT2D eigenvalue weighted by atomic mass is 127. The number of aromatic nitrogens is 2. The highest BCUT2D eigenvalue weighted by Crippen LogP contribution is 2.02. The molecule has 1 aromatic heterocycles. The summed E-state index contributed by atoms with van der Waals surface area (Å²) < 4.78 is 1.05. The maximum atomic E-state index is 4.13. The van der Waals surface area contributed by atoms with E-state index in [1.165, 1.54) is 0 Å². The second kappa shape index (κ2) is 5.33. The van der Waals surface area contributed by atoms with Crippen LogP contribution in [0.25, 0.3) is 0 Å². The van der Waals surface area contributed by atoms with Crippen molar-refractivity contribution in [3.8, 4) is 0 Å². The van der Waals surface area contributed by atoms with Gasteiger partial charge in [-0.3, -0.25) is 0 Å². The lowest BCUT2D eigenvalue weighted by Crippen LogP contribution is -2.29. The third-order valence-electron chi connectivity index (χ3n) is 1.68. The molecule has 0 saturated heterocycles. The molecule has 1 rings (SSSR count). The Balaban J connectivity index is 2.41. The first kappa shape index (κ1) is 10.6. The normalized spacial score (nSPS) is 12.5. The molecule has 0 aliphatic rings. The number of hydrogen-bond acceptors (Lipinski definition) is 4. The molecule has 1 heterocycles. The van der Waals surface area contributed by atoms with Gasteiger partial charge in [0.2, 0.25) is 5.95 Å². The molecule has 4 nitrogen and oxygen atoms in total. The topological polar surface area (TPSA) is 49.8 Å². The van der Waals surface area contributed by atoms with Gasteiger partial charge in [0.1, 0.15) is 0 Å². The Morgan fingerprint density at radius 1 is 1.46 bits per heavy atom. The highest BCUT2D eigenvalue weighted by Gasteiger charge is 1.98. The summed E-state index contributed by atoms with van der Waals surface area (Å²) in [5, 5.41) is 6.26. The van der Waals surface area contributed by atoms with Crippen LogP contribution in [0.2, 0.25) is 0 Å². The van der Waals surface area contributed by atoms with Crippen LogP contribution in [0.3, 0.4) is 0 Å². The van der Waals surface area contributed by atoms with E-state index in [1.54, 1.807) is 12.4 Å². The van der Waals surface area contributed by atoms with Gasteiger partial charge in [0, 0.05) is 28.6 Å². The zero-order chi connectivity index (χ0) is 9.68. The van der Waals surface area contributed by atoms with Crippen molar-refractivity contribution in [2.45, 2.75) is 13.0 Å². The van der Waals surface area contributed by atoms with E-state index < -0.39 is 0 Å². The van der Waals surface area contributed by atoms with E-state index >= 15 is 0 Å². The molecule has 0 aliphatic heterocycles. The Labute approximate surface area is 91.7 Å². The summed E-state index contributed by atoms with van der Waals surface area (Å²) >= 11 is 2.18. The van der Waals surface area contributed by atoms with E-state index in [0.29, 0.717) is 12.0 Å². The fourth-order valence-corrected chi connectivity index (χ4v) is 1.03. The van der Waals surface area contributed by atoms with Gasteiger partial charge in [-0.15, -0.1) is 0 Å². The lowest BCUT2D eigenvalue weighted by atomic mass is 10.3. The Hall–Kier alpha value is -0.430. The number of nitrogens with one attached hydrogen (secondary N) is 2. The van der Waals surface area contributed by atoms with Gasteiger partial charge in [-0.1, -0.05) is 0 Å². The molecule has 0 saturated carbocycles. The molecule has 0 fully saturated rings. The summed E-state index contributed by atoms with van der Waals surface area (Å²) in [6, 6.07) is 0.419. The Kier molecular flexibility index (Phi) is 4.37. The summed E-state index contributed by atoms with van der Waals surface area (Å²) in [5.74, 6) is 0.683. The summed E-state index contributed by atoms with van der Waals surface area (Å²) in [7, 11) is 1.93. The number of likely N-dealkylation sites (N-methyl/N-ethyl adjacent to an activating group) is 1. The molecular weight excluding hydrogens is 279 g/mol. The minimum absolute atomic E-state index is 0.419. The van der Waals surface area contributed by atoms with Crippen molar-refractivity contribution in [3.63, 3.8) is 0 Å². The molecule has 0 aromatic carbocycles. The van der Waals surface area contributed by atoms with Gasteiger partial charge in [0.15, 0.2) is 0 Å². The first-order valence-electron chi connectivity index (χ1n) is 4.11. The second-order valence-corrected chi connectivity index (χ2v) is 4.04. The molecule has 13 heavy (non-hydrogen) atoms. The van der Waals surface area contributed by atoms with Gasteiger partial charge in [0.05, 0.1) is 0 Å². The van der Waals surface area contributed by atoms with Crippen LogP contribution in [0.5, 0.6) is 0 Å². The quantitative estimate of drug-likeness (QED) is 0.816. The zero-order valence-corrected chi connectivity index (χ0v) is 9.87. The van der Waals surface area contributed by atoms with Gasteiger partial charge in [-0.05, 0) is 36.6 Å². The van der Waals surface area contributed by atoms with E-state index in [9.17, 15) is 0 Å². The summed E-state index contributed by atoms with van der Waals surface area (Å²) in [5.41, 5.74) is 0. The molecule has 0 amide bonds. The van der Waals surface area contributed by atoms with Crippen LogP contribution in [0.4, 0.5) is 5.95 Å². The van der Waals surface area contributed by atoms with Crippen molar-refractivity contribution < 1.29 is 0 Å². The van der Waals surface area contributed by atoms with E-state index in [2.05, 4.69) is 50.1 Å². The number of rotatable bonds is 4. The molecule has 5 heteroatoms. The molecule has 72 valence electrons. The third kappa shape index (κ3) is 3.86. The monoisotopic (exact) mass is 292 g/mol. The van der Waals surface area contributed by atoms with Crippen molar-refractivity contribution >= 4 is 28.5 Å². The predicted molar refractivity (Wildman–Crippen MR) is 61.8 cm³/mol. The van der Waals surface area contributed by atoms with E-state index in [0.717, 1.165) is 10.1 Å². The molecule has 1 aromatic rings. The van der Waals surface area contributed by atoms with Crippen LogP contribution in [0, 0.1) is 3.57 Å². The summed E-state index contributed by atoms with van der Waals surface area (Å²) in [6.45, 7) is 2.93. The van der Waals surface area contributed by atoms with Crippen LogP contribution >= 0.6 is 22.6 Å². The maximum Gasteiger partial charge on any atom is 0.222 e. The van der Waals surface area contributed by atoms with Gasteiger partial charge < -0.3 is 10.6 Å². The Bertz CT molecular complexity index is 249. The van der Waals surface area contributed by atoms with Crippen molar-refractivity contribution in [2.75, 3.05) is 18.9 Å². The maximum absolute atomic E-state index is 4.13. The predicted octanol–water partition coefficient (Wildman–Crippen LogP) is 1.10. The van der Waals surface area contributed by atoms with Crippen LogP contribution in [0.15, 0.2) is 12.4 Å². The Morgan fingerprint density at radius 3 is 2.62 bits per heavy atom. The van der Waals surface area contributed by atoms with Gasteiger partial charge in [-0.25, -0.2) is 9.97 Å². The summed E-state index contributed by atoms with van der Waals surface area (Å²) in [4.78, 5) is 8.25. The smallest absolute Gasteiger partial charge is 0.222 e. The number of anilines is 1. The van der Waals surface area contributed by atoms with E-state index in [-0.39, 0.29) is 0 Å². The van der Waals surface area contributed by atoms with Crippen molar-refractivity contribution in [3.05, 3.63) is 16.0 Å². The van der Waals surface area contributed by atoms with Crippen molar-refractivity contribution in [1.82, 2.24) is 15.3 Å².